The Balaban J connectivity index is 3.65. The number of hydrogen-bond donors (Lipinski definition) is 1. The molecule has 6 nitrogen and oxygen atoms in total. The third kappa shape index (κ3) is 2.50. The maximum absolute atomic E-state index is 11.7. The molecule has 0 radical (unpaired) electrons. The van der Waals surface area contributed by atoms with Gasteiger partial charge in [-0.05, 0) is 28.7 Å². The van der Waals surface area contributed by atoms with Gasteiger partial charge in [-0.2, -0.15) is 0 Å². The number of hydrogen-bond acceptors (Lipinski definition) is 5. The predicted octanol–water partition coefficient (Wildman–Crippen LogP) is 1.79. The molecule has 0 heterocycles. The number of benzene rings is 1. The molecular weight excluding hydrogens is 355 g/mol. The van der Waals surface area contributed by atoms with Gasteiger partial charge < -0.3 is 19.3 Å². The van der Waals surface area contributed by atoms with Crippen molar-refractivity contribution >= 4 is 34.5 Å². The van der Waals surface area contributed by atoms with E-state index in [0.29, 0.717) is 3.57 Å². The fourth-order valence-electron chi connectivity index (χ4n) is 1.46. The maximum Gasteiger partial charge on any atom is 0.342 e. The highest BCUT2D eigenvalue weighted by Gasteiger charge is 2.26. The van der Waals surface area contributed by atoms with Crippen molar-refractivity contribution in [3.63, 3.8) is 0 Å². The van der Waals surface area contributed by atoms with Crippen molar-refractivity contribution in [2.75, 3.05) is 21.3 Å². The summed E-state index contributed by atoms with van der Waals surface area (Å²) in [6.07, 6.45) is 0. The first kappa shape index (κ1) is 14.6. The summed E-state index contributed by atoms with van der Waals surface area (Å²) in [6.45, 7) is 0. The van der Waals surface area contributed by atoms with Gasteiger partial charge in [0.05, 0.1) is 21.3 Å². The number of esters is 1. The number of carbonyl (C=O) groups is 2. The molecule has 0 unspecified atom stereocenters. The molecule has 1 N–H and O–H groups in total. The average molecular weight is 366 g/mol. The van der Waals surface area contributed by atoms with Gasteiger partial charge in [0.15, 0.2) is 11.5 Å². The lowest BCUT2D eigenvalue weighted by Crippen LogP contribution is -2.11. The van der Waals surface area contributed by atoms with Crippen LogP contribution in [-0.2, 0) is 4.74 Å². The summed E-state index contributed by atoms with van der Waals surface area (Å²) in [5, 5.41) is 9.07. The molecule has 1 aromatic carbocycles. The molecular formula is C11H11IO6. The molecule has 0 saturated carbocycles. The second kappa shape index (κ2) is 5.89. The molecule has 0 aromatic heterocycles. The number of halogens is 1. The standard InChI is InChI=1S/C11H11IO6/c1-16-8-5(10(13)14)4-6(12)7(9(8)17-2)11(15)18-3/h4H,1-3H3,(H,13,14). The molecule has 98 valence electrons. The number of carbonyl (C=O) groups excluding carboxylic acids is 1. The Kier molecular flexibility index (Phi) is 4.76. The molecule has 18 heavy (non-hydrogen) atoms. The van der Waals surface area contributed by atoms with E-state index in [9.17, 15) is 9.59 Å². The van der Waals surface area contributed by atoms with Crippen molar-refractivity contribution in [2.24, 2.45) is 0 Å². The number of carboxylic acids is 1. The molecule has 0 saturated heterocycles. The van der Waals surface area contributed by atoms with Gasteiger partial charge in [-0.3, -0.25) is 0 Å². The SMILES string of the molecule is COC(=O)c1c(I)cc(C(=O)O)c(OC)c1OC. The zero-order valence-corrected chi connectivity index (χ0v) is 12.1. The van der Waals surface area contributed by atoms with Gasteiger partial charge in [0, 0.05) is 3.57 Å². The van der Waals surface area contributed by atoms with Crippen LogP contribution in [0.25, 0.3) is 0 Å². The van der Waals surface area contributed by atoms with Gasteiger partial charge in [-0.1, -0.05) is 0 Å². The number of aromatic carboxylic acids is 1. The van der Waals surface area contributed by atoms with Crippen molar-refractivity contribution in [2.45, 2.75) is 0 Å². The zero-order valence-electron chi connectivity index (χ0n) is 9.94. The van der Waals surface area contributed by atoms with E-state index in [1.807, 2.05) is 22.6 Å². The highest BCUT2D eigenvalue weighted by Crippen LogP contribution is 2.38. The van der Waals surface area contributed by atoms with E-state index in [-0.39, 0.29) is 22.6 Å². The van der Waals surface area contributed by atoms with E-state index < -0.39 is 11.9 Å². The Morgan fingerprint density at radius 1 is 1.17 bits per heavy atom. The van der Waals surface area contributed by atoms with E-state index in [2.05, 4.69) is 4.74 Å². The minimum atomic E-state index is -1.17. The minimum Gasteiger partial charge on any atom is -0.492 e. The Bertz CT molecular complexity index is 497. The zero-order chi connectivity index (χ0) is 13.9. The van der Waals surface area contributed by atoms with Gasteiger partial charge in [0.25, 0.3) is 0 Å². The predicted molar refractivity (Wildman–Crippen MR) is 70.6 cm³/mol. The van der Waals surface area contributed by atoms with Crippen molar-refractivity contribution in [1.82, 2.24) is 0 Å². The van der Waals surface area contributed by atoms with Crippen molar-refractivity contribution in [3.8, 4) is 11.5 Å². The van der Waals surface area contributed by atoms with Crippen LogP contribution in [0.3, 0.4) is 0 Å². The normalized spacial score (nSPS) is 9.78. The van der Waals surface area contributed by atoms with E-state index in [4.69, 9.17) is 14.6 Å². The van der Waals surface area contributed by atoms with Crippen LogP contribution < -0.4 is 9.47 Å². The van der Waals surface area contributed by atoms with Crippen molar-refractivity contribution < 1.29 is 28.9 Å². The van der Waals surface area contributed by atoms with Crippen LogP contribution in [0.4, 0.5) is 0 Å². The molecule has 0 aliphatic rings. The smallest absolute Gasteiger partial charge is 0.342 e. The Labute approximate surface area is 117 Å². The lowest BCUT2D eigenvalue weighted by Gasteiger charge is -2.15. The summed E-state index contributed by atoms with van der Waals surface area (Å²) in [7, 11) is 3.86. The summed E-state index contributed by atoms with van der Waals surface area (Å²) in [5.74, 6) is -1.74. The first-order chi connectivity index (χ1) is 8.47. The molecule has 0 aliphatic carbocycles. The van der Waals surface area contributed by atoms with Crippen LogP contribution in [0.5, 0.6) is 11.5 Å². The monoisotopic (exact) mass is 366 g/mol. The largest absolute Gasteiger partial charge is 0.492 e. The molecule has 0 fully saturated rings. The maximum atomic E-state index is 11.7. The van der Waals surface area contributed by atoms with Gasteiger partial charge >= 0.3 is 11.9 Å². The number of rotatable bonds is 4. The van der Waals surface area contributed by atoms with Crippen LogP contribution in [0, 0.1) is 3.57 Å². The van der Waals surface area contributed by atoms with Crippen LogP contribution in [0.2, 0.25) is 0 Å². The minimum absolute atomic E-state index is 0.00850. The van der Waals surface area contributed by atoms with Crippen LogP contribution in [0.1, 0.15) is 20.7 Å². The Morgan fingerprint density at radius 2 is 1.72 bits per heavy atom. The summed E-state index contributed by atoms with van der Waals surface area (Å²) in [4.78, 5) is 22.7. The molecule has 7 heteroatoms. The lowest BCUT2D eigenvalue weighted by molar-refractivity contribution is 0.0592. The van der Waals surface area contributed by atoms with E-state index in [0.717, 1.165) is 0 Å². The number of ether oxygens (including phenoxy) is 3. The van der Waals surface area contributed by atoms with E-state index in [1.165, 1.54) is 27.4 Å². The van der Waals surface area contributed by atoms with Crippen molar-refractivity contribution in [3.05, 3.63) is 20.8 Å². The second-order valence-corrected chi connectivity index (χ2v) is 4.31. The van der Waals surface area contributed by atoms with E-state index >= 15 is 0 Å². The fraction of sp³-hybridized carbons (Fsp3) is 0.273. The molecule has 1 aromatic rings. The average Bonchev–Trinajstić information content (AvgIpc) is 2.36. The Morgan fingerprint density at radius 3 is 2.11 bits per heavy atom. The molecule has 0 spiro atoms. The van der Waals surface area contributed by atoms with Gasteiger partial charge in [0.2, 0.25) is 0 Å². The summed E-state index contributed by atoms with van der Waals surface area (Å²) in [6, 6.07) is 1.33. The van der Waals surface area contributed by atoms with Crippen LogP contribution >= 0.6 is 22.6 Å². The summed E-state index contributed by atoms with van der Waals surface area (Å²) >= 11 is 1.84. The van der Waals surface area contributed by atoms with E-state index in [1.54, 1.807) is 0 Å². The summed E-state index contributed by atoms with van der Waals surface area (Å²) in [5.41, 5.74) is 0.0638. The molecule has 1 rings (SSSR count). The van der Waals surface area contributed by atoms with Gasteiger partial charge in [-0.15, -0.1) is 0 Å². The van der Waals surface area contributed by atoms with Gasteiger partial charge in [0.1, 0.15) is 11.1 Å². The quantitative estimate of drug-likeness (QED) is 0.647. The second-order valence-electron chi connectivity index (χ2n) is 3.14. The number of carboxylic acid groups (broad SMARTS) is 1. The van der Waals surface area contributed by atoms with Crippen molar-refractivity contribution in [1.29, 1.82) is 0 Å². The first-order valence-corrected chi connectivity index (χ1v) is 5.81. The fourth-order valence-corrected chi connectivity index (χ4v) is 2.23. The molecule has 0 amide bonds. The Hall–Kier alpha value is -1.51. The lowest BCUT2D eigenvalue weighted by atomic mass is 10.1. The van der Waals surface area contributed by atoms with Crippen LogP contribution in [0.15, 0.2) is 6.07 Å². The number of methoxy groups -OCH3 is 3. The summed E-state index contributed by atoms with van der Waals surface area (Å²) < 4.78 is 15.1. The topological polar surface area (TPSA) is 82.1 Å². The highest BCUT2D eigenvalue weighted by molar-refractivity contribution is 14.1. The third-order valence-electron chi connectivity index (χ3n) is 2.22. The first-order valence-electron chi connectivity index (χ1n) is 4.74. The third-order valence-corrected chi connectivity index (χ3v) is 3.07. The van der Waals surface area contributed by atoms with Crippen LogP contribution in [-0.4, -0.2) is 38.4 Å². The molecule has 0 atom stereocenters. The molecule has 0 aliphatic heterocycles. The highest BCUT2D eigenvalue weighted by atomic mass is 127. The molecule has 0 bridgehead atoms. The van der Waals surface area contributed by atoms with Gasteiger partial charge in [-0.25, -0.2) is 9.59 Å².